The number of aromatic nitrogens is 1. The summed E-state index contributed by atoms with van der Waals surface area (Å²) < 4.78 is 0. The lowest BCUT2D eigenvalue weighted by molar-refractivity contribution is 0.519. The zero-order chi connectivity index (χ0) is 13.9. The summed E-state index contributed by atoms with van der Waals surface area (Å²) in [7, 11) is 0. The van der Waals surface area contributed by atoms with Gasteiger partial charge in [0.1, 0.15) is 5.01 Å². The first kappa shape index (κ1) is 15.3. The van der Waals surface area contributed by atoms with Gasteiger partial charge < -0.3 is 5.32 Å². The Bertz CT molecular complexity index is 395. The second kappa shape index (κ2) is 6.59. The Labute approximate surface area is 125 Å². The van der Waals surface area contributed by atoms with Gasteiger partial charge >= 0.3 is 0 Å². The maximum atomic E-state index is 4.75. The van der Waals surface area contributed by atoms with Crippen molar-refractivity contribution in [3.8, 4) is 0 Å². The molecule has 0 amide bonds. The molecule has 1 aliphatic carbocycles. The highest BCUT2D eigenvalue weighted by Gasteiger charge is 2.24. The molecule has 0 spiro atoms. The number of thioether (sulfide) groups is 1. The van der Waals surface area contributed by atoms with E-state index in [0.29, 0.717) is 6.04 Å². The minimum absolute atomic E-state index is 0.172. The van der Waals surface area contributed by atoms with Gasteiger partial charge in [-0.2, -0.15) is 11.8 Å². The number of hydrogen-bond donors (Lipinski definition) is 1. The van der Waals surface area contributed by atoms with Crippen LogP contribution in [0.4, 0.5) is 0 Å². The van der Waals surface area contributed by atoms with E-state index in [1.54, 1.807) is 11.3 Å². The SMILES string of the molecule is CCSC1CCC(NCc2nc(C(C)(C)C)cs2)C1. The number of thiazole rings is 1. The molecule has 1 aromatic rings. The van der Waals surface area contributed by atoms with Crippen molar-refractivity contribution in [3.63, 3.8) is 0 Å². The molecular weight excluding hydrogens is 272 g/mol. The van der Waals surface area contributed by atoms with Gasteiger partial charge in [0.25, 0.3) is 0 Å². The molecule has 1 aliphatic rings. The standard InChI is InChI=1S/C15H26N2S2/c1-5-18-12-7-6-11(8-12)16-9-14-17-13(10-19-14)15(2,3)4/h10-12,16H,5-9H2,1-4H3. The van der Waals surface area contributed by atoms with E-state index in [1.165, 1.54) is 35.7 Å². The third-order valence-electron chi connectivity index (χ3n) is 3.65. The lowest BCUT2D eigenvalue weighted by Gasteiger charge is -2.14. The molecule has 4 heteroatoms. The van der Waals surface area contributed by atoms with Crippen LogP contribution < -0.4 is 5.32 Å². The van der Waals surface area contributed by atoms with Crippen molar-refractivity contribution in [2.24, 2.45) is 0 Å². The Morgan fingerprint density at radius 2 is 2.21 bits per heavy atom. The van der Waals surface area contributed by atoms with E-state index in [-0.39, 0.29) is 5.41 Å². The molecule has 0 aromatic carbocycles. The zero-order valence-electron chi connectivity index (χ0n) is 12.5. The van der Waals surface area contributed by atoms with Gasteiger partial charge in [0.15, 0.2) is 0 Å². The molecule has 2 nitrogen and oxygen atoms in total. The fourth-order valence-electron chi connectivity index (χ4n) is 2.48. The fraction of sp³-hybridized carbons (Fsp3) is 0.800. The molecule has 2 rings (SSSR count). The summed E-state index contributed by atoms with van der Waals surface area (Å²) in [5.41, 5.74) is 1.39. The van der Waals surface area contributed by atoms with Gasteiger partial charge in [-0.25, -0.2) is 4.98 Å². The molecule has 19 heavy (non-hydrogen) atoms. The molecule has 0 saturated heterocycles. The average Bonchev–Trinajstić information content (AvgIpc) is 2.94. The average molecular weight is 299 g/mol. The Morgan fingerprint density at radius 3 is 2.84 bits per heavy atom. The van der Waals surface area contributed by atoms with Crippen LogP contribution in [0.15, 0.2) is 5.38 Å². The zero-order valence-corrected chi connectivity index (χ0v) is 14.2. The number of nitrogens with one attached hydrogen (secondary N) is 1. The molecule has 0 aliphatic heterocycles. The van der Waals surface area contributed by atoms with Gasteiger partial charge in [0, 0.05) is 28.6 Å². The van der Waals surface area contributed by atoms with Gasteiger partial charge in [0.2, 0.25) is 0 Å². The number of hydrogen-bond acceptors (Lipinski definition) is 4. The minimum atomic E-state index is 0.172. The summed E-state index contributed by atoms with van der Waals surface area (Å²) in [6.45, 7) is 9.87. The van der Waals surface area contributed by atoms with Crippen molar-refractivity contribution in [1.29, 1.82) is 0 Å². The molecule has 1 aromatic heterocycles. The summed E-state index contributed by atoms with van der Waals surface area (Å²) >= 11 is 3.91. The highest BCUT2D eigenvalue weighted by Crippen LogP contribution is 2.30. The highest BCUT2D eigenvalue weighted by atomic mass is 32.2. The van der Waals surface area contributed by atoms with E-state index >= 15 is 0 Å². The molecule has 0 radical (unpaired) electrons. The molecule has 1 saturated carbocycles. The normalized spacial score (nSPS) is 24.0. The van der Waals surface area contributed by atoms with Crippen molar-refractivity contribution in [2.75, 3.05) is 5.75 Å². The minimum Gasteiger partial charge on any atom is -0.308 e. The lowest BCUT2D eigenvalue weighted by atomic mass is 9.93. The van der Waals surface area contributed by atoms with Crippen LogP contribution in [0.2, 0.25) is 0 Å². The largest absolute Gasteiger partial charge is 0.308 e. The number of rotatable bonds is 5. The molecule has 1 N–H and O–H groups in total. The number of nitrogens with zero attached hydrogens (tertiary/aromatic N) is 1. The van der Waals surface area contributed by atoms with Crippen molar-refractivity contribution >= 4 is 23.1 Å². The van der Waals surface area contributed by atoms with E-state index in [0.717, 1.165) is 11.8 Å². The van der Waals surface area contributed by atoms with Crippen molar-refractivity contribution < 1.29 is 0 Å². The maximum Gasteiger partial charge on any atom is 0.107 e. The van der Waals surface area contributed by atoms with Crippen molar-refractivity contribution in [3.05, 3.63) is 16.1 Å². The Kier molecular flexibility index (Phi) is 5.32. The van der Waals surface area contributed by atoms with Crippen LogP contribution in [-0.2, 0) is 12.0 Å². The van der Waals surface area contributed by atoms with Gasteiger partial charge in [-0.3, -0.25) is 0 Å². The summed E-state index contributed by atoms with van der Waals surface area (Å²) in [6.07, 6.45) is 4.03. The van der Waals surface area contributed by atoms with Crippen LogP contribution in [0.25, 0.3) is 0 Å². The third-order valence-corrected chi connectivity index (χ3v) is 5.73. The summed E-state index contributed by atoms with van der Waals surface area (Å²) in [6, 6.07) is 0.700. The first-order valence-corrected chi connectivity index (χ1v) is 9.21. The van der Waals surface area contributed by atoms with E-state index in [4.69, 9.17) is 4.98 Å². The predicted molar refractivity (Wildman–Crippen MR) is 87.2 cm³/mol. The van der Waals surface area contributed by atoms with E-state index in [1.807, 2.05) is 0 Å². The molecule has 1 fully saturated rings. The fourth-order valence-corrected chi connectivity index (χ4v) is 4.59. The van der Waals surface area contributed by atoms with Gasteiger partial charge in [-0.15, -0.1) is 11.3 Å². The van der Waals surface area contributed by atoms with E-state index in [9.17, 15) is 0 Å². The van der Waals surface area contributed by atoms with Crippen LogP contribution in [-0.4, -0.2) is 22.0 Å². The first-order valence-electron chi connectivity index (χ1n) is 7.29. The second-order valence-electron chi connectivity index (χ2n) is 6.34. The monoisotopic (exact) mass is 298 g/mol. The first-order chi connectivity index (χ1) is 8.99. The topological polar surface area (TPSA) is 24.9 Å². The summed E-state index contributed by atoms with van der Waals surface area (Å²) in [4.78, 5) is 4.75. The quantitative estimate of drug-likeness (QED) is 0.881. The smallest absolute Gasteiger partial charge is 0.107 e. The van der Waals surface area contributed by atoms with Crippen LogP contribution >= 0.6 is 23.1 Å². The Hall–Kier alpha value is -0.0600. The predicted octanol–water partition coefficient (Wildman–Crippen LogP) is 4.20. The molecule has 2 unspecified atom stereocenters. The molecule has 1 heterocycles. The summed E-state index contributed by atoms with van der Waals surface area (Å²) in [5, 5.41) is 8.01. The van der Waals surface area contributed by atoms with Gasteiger partial charge in [-0.1, -0.05) is 27.7 Å². The third kappa shape index (κ3) is 4.47. The van der Waals surface area contributed by atoms with Crippen molar-refractivity contribution in [2.45, 2.75) is 70.2 Å². The van der Waals surface area contributed by atoms with Gasteiger partial charge in [0.05, 0.1) is 5.69 Å². The van der Waals surface area contributed by atoms with Crippen LogP contribution in [0.5, 0.6) is 0 Å². The molecular formula is C15H26N2S2. The Morgan fingerprint density at radius 1 is 1.42 bits per heavy atom. The highest BCUT2D eigenvalue weighted by molar-refractivity contribution is 7.99. The van der Waals surface area contributed by atoms with Crippen LogP contribution in [0, 0.1) is 0 Å². The second-order valence-corrected chi connectivity index (χ2v) is 8.86. The van der Waals surface area contributed by atoms with Crippen molar-refractivity contribution in [1.82, 2.24) is 10.3 Å². The Balaban J connectivity index is 1.79. The van der Waals surface area contributed by atoms with Crippen LogP contribution in [0.3, 0.4) is 0 Å². The van der Waals surface area contributed by atoms with E-state index in [2.05, 4.69) is 50.2 Å². The van der Waals surface area contributed by atoms with E-state index < -0.39 is 0 Å². The molecule has 2 atom stereocenters. The maximum absolute atomic E-state index is 4.75. The van der Waals surface area contributed by atoms with Crippen LogP contribution in [0.1, 0.15) is 57.7 Å². The van der Waals surface area contributed by atoms with Gasteiger partial charge in [-0.05, 0) is 25.0 Å². The summed E-state index contributed by atoms with van der Waals surface area (Å²) in [5.74, 6) is 1.25. The molecule has 0 bridgehead atoms. The lowest BCUT2D eigenvalue weighted by Crippen LogP contribution is -2.26. The molecule has 108 valence electrons.